The highest BCUT2D eigenvalue weighted by Gasteiger charge is 2.16. The number of nitrogens with zero attached hydrogens (tertiary/aromatic N) is 1. The molecule has 6 nitrogen and oxygen atoms in total. The Morgan fingerprint density at radius 3 is 3.00 bits per heavy atom. The van der Waals surface area contributed by atoms with Crippen LogP contribution in [0.2, 0.25) is 0 Å². The highest BCUT2D eigenvalue weighted by atomic mass is 32.1. The average Bonchev–Trinajstić information content (AvgIpc) is 3.17. The Morgan fingerprint density at radius 1 is 1.28 bits per heavy atom. The summed E-state index contributed by atoms with van der Waals surface area (Å²) in [6.45, 7) is 3.54. The van der Waals surface area contributed by atoms with Gasteiger partial charge in [-0.25, -0.2) is 4.98 Å². The van der Waals surface area contributed by atoms with Crippen molar-refractivity contribution in [3.8, 4) is 22.1 Å². The molecule has 7 heteroatoms. The van der Waals surface area contributed by atoms with Gasteiger partial charge in [-0.2, -0.15) is 0 Å². The van der Waals surface area contributed by atoms with Gasteiger partial charge in [-0.1, -0.05) is 11.6 Å². The number of nitrogens with one attached hydrogen (secondary N) is 2. The molecule has 2 aliphatic rings. The second-order valence-corrected chi connectivity index (χ2v) is 6.75. The van der Waals surface area contributed by atoms with Crippen molar-refractivity contribution in [2.75, 3.05) is 32.8 Å². The number of fused-ring (bicyclic) bond motifs is 1. The van der Waals surface area contributed by atoms with E-state index in [2.05, 4.69) is 21.7 Å². The van der Waals surface area contributed by atoms with E-state index in [4.69, 9.17) is 9.47 Å². The summed E-state index contributed by atoms with van der Waals surface area (Å²) in [7, 11) is 0. The Labute approximate surface area is 149 Å². The first-order valence-electron chi connectivity index (χ1n) is 8.32. The minimum Gasteiger partial charge on any atom is -0.486 e. The monoisotopic (exact) mass is 357 g/mol. The fourth-order valence-corrected chi connectivity index (χ4v) is 3.60. The van der Waals surface area contributed by atoms with Gasteiger partial charge >= 0.3 is 0 Å². The van der Waals surface area contributed by atoms with Gasteiger partial charge in [0.2, 0.25) is 0 Å². The van der Waals surface area contributed by atoms with Gasteiger partial charge < -0.3 is 20.1 Å². The van der Waals surface area contributed by atoms with E-state index in [0.717, 1.165) is 41.6 Å². The summed E-state index contributed by atoms with van der Waals surface area (Å²) in [6, 6.07) is 5.73. The molecule has 0 saturated heterocycles. The topological polar surface area (TPSA) is 72.5 Å². The molecule has 0 aliphatic carbocycles. The third-order valence-electron chi connectivity index (χ3n) is 4.16. The Morgan fingerprint density at radius 2 is 2.16 bits per heavy atom. The molecule has 0 radical (unpaired) electrons. The average molecular weight is 357 g/mol. The molecule has 1 aromatic heterocycles. The summed E-state index contributed by atoms with van der Waals surface area (Å²) >= 11 is 1.45. The summed E-state index contributed by atoms with van der Waals surface area (Å²) in [6.07, 6.45) is 3.10. The van der Waals surface area contributed by atoms with Crippen LogP contribution in [-0.2, 0) is 0 Å². The Bertz CT molecular complexity index is 816. The van der Waals surface area contributed by atoms with Crippen LogP contribution in [0.3, 0.4) is 0 Å². The Kier molecular flexibility index (Phi) is 4.67. The molecule has 2 N–H and O–H groups in total. The largest absolute Gasteiger partial charge is 0.486 e. The first-order chi connectivity index (χ1) is 12.3. The van der Waals surface area contributed by atoms with Crippen LogP contribution in [0.4, 0.5) is 0 Å². The minimum absolute atomic E-state index is 0.139. The van der Waals surface area contributed by atoms with Crippen LogP contribution in [0.25, 0.3) is 10.6 Å². The van der Waals surface area contributed by atoms with Gasteiger partial charge in [-0.3, -0.25) is 4.79 Å². The third-order valence-corrected chi connectivity index (χ3v) is 5.05. The van der Waals surface area contributed by atoms with Crippen LogP contribution in [0, 0.1) is 0 Å². The van der Waals surface area contributed by atoms with Crippen molar-refractivity contribution < 1.29 is 14.3 Å². The fourth-order valence-electron chi connectivity index (χ4n) is 2.80. The number of hydrogen-bond acceptors (Lipinski definition) is 6. The molecule has 0 fully saturated rings. The SMILES string of the molecule is O=C(NCC1=CCNCC1)c1csc(-c2ccc3c(c2)OCCO3)n1. The van der Waals surface area contributed by atoms with Crippen LogP contribution >= 0.6 is 11.3 Å². The normalized spacial score (nSPS) is 16.2. The van der Waals surface area contributed by atoms with Crippen molar-refractivity contribution in [3.63, 3.8) is 0 Å². The van der Waals surface area contributed by atoms with Crippen molar-refractivity contribution in [3.05, 3.63) is 40.9 Å². The fraction of sp³-hybridized carbons (Fsp3) is 0.333. The lowest BCUT2D eigenvalue weighted by Gasteiger charge is -2.18. The molecule has 25 heavy (non-hydrogen) atoms. The van der Waals surface area contributed by atoms with Crippen molar-refractivity contribution in [1.82, 2.24) is 15.6 Å². The van der Waals surface area contributed by atoms with Crippen LogP contribution in [-0.4, -0.2) is 43.7 Å². The number of amides is 1. The maximum atomic E-state index is 12.3. The lowest BCUT2D eigenvalue weighted by molar-refractivity contribution is 0.0952. The van der Waals surface area contributed by atoms with Crippen LogP contribution in [0.1, 0.15) is 16.9 Å². The van der Waals surface area contributed by atoms with Crippen LogP contribution < -0.4 is 20.1 Å². The number of aromatic nitrogens is 1. The predicted octanol–water partition coefficient (Wildman–Crippen LogP) is 2.23. The highest BCUT2D eigenvalue weighted by Crippen LogP contribution is 2.35. The number of carbonyl (C=O) groups excluding carboxylic acids is 1. The first-order valence-corrected chi connectivity index (χ1v) is 9.20. The van der Waals surface area contributed by atoms with Crippen molar-refractivity contribution >= 4 is 17.2 Å². The minimum atomic E-state index is -0.139. The third kappa shape index (κ3) is 3.67. The maximum absolute atomic E-state index is 12.3. The van der Waals surface area contributed by atoms with Gasteiger partial charge in [0.15, 0.2) is 11.5 Å². The standard InChI is InChI=1S/C18H19N3O3S/c22-17(20-10-12-3-5-19-6-4-12)14-11-25-18(21-14)13-1-2-15-16(9-13)24-8-7-23-15/h1-3,9,11,19H,4-8,10H2,(H,20,22). The number of rotatable bonds is 4. The zero-order valence-corrected chi connectivity index (χ0v) is 14.5. The molecule has 1 aromatic carbocycles. The van der Waals surface area contributed by atoms with Crippen molar-refractivity contribution in [2.24, 2.45) is 0 Å². The molecule has 4 rings (SSSR count). The van der Waals surface area contributed by atoms with E-state index in [0.29, 0.717) is 25.5 Å². The molecule has 1 amide bonds. The van der Waals surface area contributed by atoms with Gasteiger partial charge in [-0.15, -0.1) is 11.3 Å². The van der Waals surface area contributed by atoms with E-state index in [9.17, 15) is 4.79 Å². The molecule has 0 spiro atoms. The van der Waals surface area contributed by atoms with E-state index < -0.39 is 0 Å². The van der Waals surface area contributed by atoms with Crippen molar-refractivity contribution in [2.45, 2.75) is 6.42 Å². The number of thiazole rings is 1. The highest BCUT2D eigenvalue weighted by molar-refractivity contribution is 7.13. The van der Waals surface area contributed by atoms with Crippen LogP contribution in [0.5, 0.6) is 11.5 Å². The van der Waals surface area contributed by atoms with Gasteiger partial charge in [0.05, 0.1) is 0 Å². The summed E-state index contributed by atoms with van der Waals surface area (Å²) < 4.78 is 11.1. The summed E-state index contributed by atoms with van der Waals surface area (Å²) in [5.41, 5.74) is 2.63. The second-order valence-electron chi connectivity index (χ2n) is 5.90. The van der Waals surface area contributed by atoms with Gasteiger partial charge in [0.1, 0.15) is 23.9 Å². The molecular formula is C18H19N3O3S. The molecule has 2 aromatic rings. The van der Waals surface area contributed by atoms with Crippen molar-refractivity contribution in [1.29, 1.82) is 0 Å². The van der Waals surface area contributed by atoms with E-state index >= 15 is 0 Å². The van der Waals surface area contributed by atoms with E-state index in [1.165, 1.54) is 16.9 Å². The lowest BCUT2D eigenvalue weighted by Crippen LogP contribution is -2.29. The Hall–Kier alpha value is -2.38. The number of ether oxygens (including phenoxy) is 2. The first kappa shape index (κ1) is 16.1. The number of hydrogen-bond donors (Lipinski definition) is 2. The van der Waals surface area contributed by atoms with E-state index in [1.54, 1.807) is 5.38 Å². The molecule has 0 unspecified atom stereocenters. The maximum Gasteiger partial charge on any atom is 0.271 e. The van der Waals surface area contributed by atoms with E-state index in [-0.39, 0.29) is 5.91 Å². The molecule has 0 atom stereocenters. The number of benzene rings is 1. The molecule has 0 saturated carbocycles. The zero-order chi connectivity index (χ0) is 17.1. The quantitative estimate of drug-likeness (QED) is 0.821. The van der Waals surface area contributed by atoms with Gasteiger partial charge in [0.25, 0.3) is 5.91 Å². The van der Waals surface area contributed by atoms with Crippen LogP contribution in [0.15, 0.2) is 35.2 Å². The summed E-state index contributed by atoms with van der Waals surface area (Å²) in [5.74, 6) is 1.34. The molecule has 0 bridgehead atoms. The predicted molar refractivity (Wildman–Crippen MR) is 96.4 cm³/mol. The summed E-state index contributed by atoms with van der Waals surface area (Å²) in [5, 5.41) is 8.79. The van der Waals surface area contributed by atoms with E-state index in [1.807, 2.05) is 18.2 Å². The summed E-state index contributed by atoms with van der Waals surface area (Å²) in [4.78, 5) is 16.8. The van der Waals surface area contributed by atoms with Gasteiger partial charge in [-0.05, 0) is 31.2 Å². The molecule has 3 heterocycles. The van der Waals surface area contributed by atoms with Gasteiger partial charge in [0, 0.05) is 24.0 Å². The number of carbonyl (C=O) groups is 1. The molecule has 2 aliphatic heterocycles. The molecular weight excluding hydrogens is 338 g/mol. The second kappa shape index (κ2) is 7.25. The lowest BCUT2D eigenvalue weighted by atomic mass is 10.1. The molecule has 130 valence electrons. The zero-order valence-electron chi connectivity index (χ0n) is 13.7. The Balaban J connectivity index is 1.44. The smallest absolute Gasteiger partial charge is 0.271 e.